The summed E-state index contributed by atoms with van der Waals surface area (Å²) in [6.45, 7) is 0.720. The molecule has 1 aliphatic heterocycles. The number of hydrogen-bond donors (Lipinski definition) is 2. The molecule has 1 aromatic carbocycles. The second kappa shape index (κ2) is 5.09. The number of carbonyl (C=O) groups excluding carboxylic acids is 1. The fourth-order valence-electron chi connectivity index (χ4n) is 2.11. The fourth-order valence-corrected chi connectivity index (χ4v) is 2.11. The maximum absolute atomic E-state index is 11.4. The smallest absolute Gasteiger partial charge is 0.231 e. The quantitative estimate of drug-likeness (QED) is 0.842. The first kappa shape index (κ1) is 12.3. The van der Waals surface area contributed by atoms with Gasteiger partial charge in [-0.05, 0) is 37.0 Å². The first-order valence-corrected chi connectivity index (χ1v) is 6.59. The molecule has 0 saturated heterocycles. The van der Waals surface area contributed by atoms with Crippen molar-refractivity contribution in [2.75, 3.05) is 13.3 Å². The van der Waals surface area contributed by atoms with Gasteiger partial charge < -0.3 is 19.9 Å². The number of hydrogen-bond acceptors (Lipinski definition) is 4. The van der Waals surface area contributed by atoms with Crippen LogP contribution in [0.2, 0.25) is 0 Å². The van der Waals surface area contributed by atoms with Gasteiger partial charge in [0.2, 0.25) is 12.7 Å². The average molecular weight is 263 g/mol. The molecule has 1 saturated carbocycles. The van der Waals surface area contributed by atoms with Gasteiger partial charge in [-0.2, -0.15) is 0 Å². The van der Waals surface area contributed by atoms with Crippen LogP contribution in [0.4, 0.5) is 0 Å². The van der Waals surface area contributed by atoms with Gasteiger partial charge in [-0.1, -0.05) is 6.07 Å². The summed E-state index contributed by atoms with van der Waals surface area (Å²) in [5.41, 5.74) is 0.782. The third-order valence-electron chi connectivity index (χ3n) is 3.45. The lowest BCUT2D eigenvalue weighted by atomic mass is 10.1. The van der Waals surface area contributed by atoms with E-state index < -0.39 is 6.10 Å². The number of amides is 1. The Morgan fingerprint density at radius 2 is 2.16 bits per heavy atom. The second-order valence-corrected chi connectivity index (χ2v) is 4.98. The van der Waals surface area contributed by atoms with E-state index in [1.807, 2.05) is 6.07 Å². The highest BCUT2D eigenvalue weighted by atomic mass is 16.7. The highest BCUT2D eigenvalue weighted by Crippen LogP contribution is 2.34. The zero-order chi connectivity index (χ0) is 13.2. The average Bonchev–Trinajstić information content (AvgIpc) is 3.16. The Balaban J connectivity index is 1.51. The number of ether oxygens (including phenoxy) is 2. The monoisotopic (exact) mass is 263 g/mol. The molecule has 3 rings (SSSR count). The number of aliphatic hydroxyl groups is 1. The van der Waals surface area contributed by atoms with Gasteiger partial charge in [0.1, 0.15) is 0 Å². The van der Waals surface area contributed by atoms with Gasteiger partial charge in [-0.3, -0.25) is 4.79 Å². The number of fused-ring (bicyclic) bond motifs is 1. The third-order valence-corrected chi connectivity index (χ3v) is 3.45. The van der Waals surface area contributed by atoms with Crippen LogP contribution in [-0.2, 0) is 4.79 Å². The molecule has 0 radical (unpaired) electrons. The van der Waals surface area contributed by atoms with Gasteiger partial charge in [0.15, 0.2) is 11.5 Å². The Labute approximate surface area is 111 Å². The van der Waals surface area contributed by atoms with Crippen LogP contribution in [0.1, 0.15) is 30.9 Å². The Morgan fingerprint density at radius 3 is 2.95 bits per heavy atom. The van der Waals surface area contributed by atoms with Gasteiger partial charge in [0.05, 0.1) is 6.10 Å². The van der Waals surface area contributed by atoms with E-state index in [1.54, 1.807) is 12.1 Å². The van der Waals surface area contributed by atoms with Gasteiger partial charge in [0, 0.05) is 12.5 Å². The lowest BCUT2D eigenvalue weighted by Crippen LogP contribution is -2.26. The lowest BCUT2D eigenvalue weighted by Gasteiger charge is -2.12. The van der Waals surface area contributed by atoms with Crippen LogP contribution in [0.5, 0.6) is 11.5 Å². The summed E-state index contributed by atoms with van der Waals surface area (Å²) in [6.07, 6.45) is 1.89. The van der Waals surface area contributed by atoms with E-state index in [0.717, 1.165) is 18.4 Å². The van der Waals surface area contributed by atoms with Crippen LogP contribution in [0.15, 0.2) is 18.2 Å². The molecule has 19 heavy (non-hydrogen) atoms. The van der Waals surface area contributed by atoms with Crippen LogP contribution >= 0.6 is 0 Å². The molecule has 1 aromatic rings. The van der Waals surface area contributed by atoms with E-state index in [0.29, 0.717) is 24.5 Å². The molecule has 1 heterocycles. The van der Waals surface area contributed by atoms with Crippen molar-refractivity contribution in [3.05, 3.63) is 23.8 Å². The van der Waals surface area contributed by atoms with E-state index in [2.05, 4.69) is 5.32 Å². The maximum atomic E-state index is 11.4. The van der Waals surface area contributed by atoms with E-state index in [4.69, 9.17) is 9.47 Å². The first-order valence-electron chi connectivity index (χ1n) is 6.59. The summed E-state index contributed by atoms with van der Waals surface area (Å²) < 4.78 is 10.5. The Morgan fingerprint density at radius 1 is 1.37 bits per heavy atom. The van der Waals surface area contributed by atoms with Crippen molar-refractivity contribution in [3.63, 3.8) is 0 Å². The molecular formula is C14H17NO4. The van der Waals surface area contributed by atoms with Gasteiger partial charge in [-0.15, -0.1) is 0 Å². The Bertz CT molecular complexity index is 484. The van der Waals surface area contributed by atoms with Crippen molar-refractivity contribution in [2.24, 2.45) is 5.92 Å². The summed E-state index contributed by atoms with van der Waals surface area (Å²) in [5.74, 6) is 1.69. The number of aliphatic hydroxyl groups excluding tert-OH is 1. The molecule has 2 N–H and O–H groups in total. The maximum Gasteiger partial charge on any atom is 0.231 e. The van der Waals surface area contributed by atoms with Crippen molar-refractivity contribution in [3.8, 4) is 11.5 Å². The highest BCUT2D eigenvalue weighted by molar-refractivity contribution is 5.80. The Hall–Kier alpha value is -1.75. The molecule has 0 bridgehead atoms. The van der Waals surface area contributed by atoms with E-state index in [-0.39, 0.29) is 18.6 Å². The van der Waals surface area contributed by atoms with Gasteiger partial charge >= 0.3 is 0 Å². The summed E-state index contributed by atoms with van der Waals surface area (Å²) >= 11 is 0. The Kier molecular flexibility index (Phi) is 3.29. The zero-order valence-corrected chi connectivity index (χ0v) is 10.6. The summed E-state index contributed by atoms with van der Waals surface area (Å²) in [4.78, 5) is 11.4. The van der Waals surface area contributed by atoms with Crippen molar-refractivity contribution >= 4 is 5.91 Å². The molecular weight excluding hydrogens is 246 g/mol. The SMILES string of the molecule is O=C(NCC[C@@H](O)c1ccc2c(c1)OCO2)C1CC1. The van der Waals surface area contributed by atoms with E-state index >= 15 is 0 Å². The van der Waals surface area contributed by atoms with Crippen LogP contribution in [0.25, 0.3) is 0 Å². The van der Waals surface area contributed by atoms with Crippen LogP contribution < -0.4 is 14.8 Å². The molecule has 0 spiro atoms. The summed E-state index contributed by atoms with van der Waals surface area (Å²) in [5, 5.41) is 12.9. The zero-order valence-electron chi connectivity index (χ0n) is 10.6. The number of rotatable bonds is 5. The molecule has 1 atom stereocenters. The predicted octanol–water partition coefficient (Wildman–Crippen LogP) is 1.37. The largest absolute Gasteiger partial charge is 0.454 e. The van der Waals surface area contributed by atoms with Crippen molar-refractivity contribution < 1.29 is 19.4 Å². The molecule has 1 fully saturated rings. The minimum absolute atomic E-state index is 0.109. The van der Waals surface area contributed by atoms with Crippen LogP contribution in [-0.4, -0.2) is 24.4 Å². The summed E-state index contributed by atoms with van der Waals surface area (Å²) in [6, 6.07) is 5.40. The second-order valence-electron chi connectivity index (χ2n) is 4.98. The minimum Gasteiger partial charge on any atom is -0.454 e. The van der Waals surface area contributed by atoms with Gasteiger partial charge in [0.25, 0.3) is 0 Å². The van der Waals surface area contributed by atoms with Gasteiger partial charge in [-0.25, -0.2) is 0 Å². The fraction of sp³-hybridized carbons (Fsp3) is 0.500. The summed E-state index contributed by atoms with van der Waals surface area (Å²) in [7, 11) is 0. The topological polar surface area (TPSA) is 67.8 Å². The van der Waals surface area contributed by atoms with E-state index in [1.165, 1.54) is 0 Å². The third kappa shape index (κ3) is 2.81. The number of benzene rings is 1. The molecule has 1 aliphatic carbocycles. The van der Waals surface area contributed by atoms with Crippen molar-refractivity contribution in [1.29, 1.82) is 0 Å². The van der Waals surface area contributed by atoms with Crippen LogP contribution in [0, 0.1) is 5.92 Å². The molecule has 0 unspecified atom stereocenters. The van der Waals surface area contributed by atoms with Crippen molar-refractivity contribution in [1.82, 2.24) is 5.32 Å². The minimum atomic E-state index is -0.603. The highest BCUT2D eigenvalue weighted by Gasteiger charge is 2.29. The standard InChI is InChI=1S/C14H17NO4/c16-11(5-6-15-14(17)9-1-2-9)10-3-4-12-13(7-10)19-8-18-12/h3-4,7,9,11,16H,1-2,5-6,8H2,(H,15,17)/t11-/m1/s1. The number of nitrogens with one attached hydrogen (secondary N) is 1. The van der Waals surface area contributed by atoms with E-state index in [9.17, 15) is 9.90 Å². The molecule has 2 aliphatic rings. The normalized spacial score (nSPS) is 18.2. The number of carbonyl (C=O) groups is 1. The predicted molar refractivity (Wildman–Crippen MR) is 67.9 cm³/mol. The molecule has 1 amide bonds. The van der Waals surface area contributed by atoms with Crippen molar-refractivity contribution in [2.45, 2.75) is 25.4 Å². The first-order chi connectivity index (χ1) is 9.24. The lowest BCUT2D eigenvalue weighted by molar-refractivity contribution is -0.122. The molecule has 5 nitrogen and oxygen atoms in total. The van der Waals surface area contributed by atoms with Crippen LogP contribution in [0.3, 0.4) is 0 Å². The molecule has 102 valence electrons. The molecule has 5 heteroatoms. The molecule has 0 aromatic heterocycles.